The van der Waals surface area contributed by atoms with Gasteiger partial charge in [0.15, 0.2) is 9.84 Å². The van der Waals surface area contributed by atoms with Crippen LogP contribution in [-0.2, 0) is 16.9 Å². The van der Waals surface area contributed by atoms with Crippen molar-refractivity contribution in [1.82, 2.24) is 9.55 Å². The van der Waals surface area contributed by atoms with Crippen LogP contribution in [0.5, 0.6) is 0 Å². The summed E-state index contributed by atoms with van der Waals surface area (Å²) in [5, 5.41) is 3.30. The number of nitrogens with one attached hydrogen (secondary N) is 1. The fraction of sp³-hybridized carbons (Fsp3) is 0.357. The van der Waals surface area contributed by atoms with Gasteiger partial charge in [0.2, 0.25) is 0 Å². The second kappa shape index (κ2) is 5.66. The lowest BCUT2D eigenvalue weighted by atomic mass is 10.2. The zero-order valence-corrected chi connectivity index (χ0v) is 12.7. The molecular formula is C14H19N3O2S. The Labute approximate surface area is 119 Å². The highest BCUT2D eigenvalue weighted by molar-refractivity contribution is 7.91. The van der Waals surface area contributed by atoms with Crippen LogP contribution in [0.15, 0.2) is 41.6 Å². The second-order valence-electron chi connectivity index (χ2n) is 4.69. The number of rotatable bonds is 5. The van der Waals surface area contributed by atoms with Crippen LogP contribution in [0.4, 0.5) is 5.69 Å². The van der Waals surface area contributed by atoms with Crippen LogP contribution in [-0.4, -0.2) is 23.7 Å². The smallest absolute Gasteiger partial charge is 0.178 e. The fourth-order valence-corrected chi connectivity index (χ4v) is 2.92. The van der Waals surface area contributed by atoms with Gasteiger partial charge in [0.1, 0.15) is 5.82 Å². The van der Waals surface area contributed by atoms with Crippen molar-refractivity contribution in [2.75, 3.05) is 11.1 Å². The van der Waals surface area contributed by atoms with E-state index in [2.05, 4.69) is 10.3 Å². The highest BCUT2D eigenvalue weighted by Crippen LogP contribution is 2.20. The zero-order valence-electron chi connectivity index (χ0n) is 11.9. The molecule has 0 fully saturated rings. The highest BCUT2D eigenvalue weighted by atomic mass is 32.2. The quantitative estimate of drug-likeness (QED) is 0.919. The van der Waals surface area contributed by atoms with Crippen LogP contribution in [0.2, 0.25) is 0 Å². The fourth-order valence-electron chi connectivity index (χ4n) is 2.03. The third-order valence-corrected chi connectivity index (χ3v) is 4.97. The maximum Gasteiger partial charge on any atom is 0.178 e. The van der Waals surface area contributed by atoms with E-state index in [0.29, 0.717) is 4.90 Å². The number of aryl methyl sites for hydroxylation is 1. The zero-order chi connectivity index (χ0) is 14.8. The first-order valence-corrected chi connectivity index (χ1v) is 8.16. The summed E-state index contributed by atoms with van der Waals surface area (Å²) in [6, 6.07) is 6.87. The van der Waals surface area contributed by atoms with Crippen molar-refractivity contribution in [2.45, 2.75) is 24.8 Å². The van der Waals surface area contributed by atoms with Crippen molar-refractivity contribution in [3.8, 4) is 0 Å². The summed E-state index contributed by atoms with van der Waals surface area (Å²) >= 11 is 0. The summed E-state index contributed by atoms with van der Waals surface area (Å²) in [6.07, 6.45) is 3.65. The van der Waals surface area contributed by atoms with E-state index in [1.807, 2.05) is 24.7 Å². The SMILES string of the molecule is CCS(=O)(=O)c1ccc(NC(C)c2nccn2C)cc1. The van der Waals surface area contributed by atoms with Crippen LogP contribution >= 0.6 is 0 Å². The Bertz CT molecular complexity index is 675. The lowest BCUT2D eigenvalue weighted by molar-refractivity contribution is 0.597. The van der Waals surface area contributed by atoms with Gasteiger partial charge in [-0.1, -0.05) is 6.92 Å². The molecule has 0 saturated carbocycles. The third kappa shape index (κ3) is 3.01. The van der Waals surface area contributed by atoms with Gasteiger partial charge >= 0.3 is 0 Å². The van der Waals surface area contributed by atoms with Crippen molar-refractivity contribution in [2.24, 2.45) is 7.05 Å². The van der Waals surface area contributed by atoms with Crippen molar-refractivity contribution < 1.29 is 8.42 Å². The molecule has 0 radical (unpaired) electrons. The van der Waals surface area contributed by atoms with E-state index in [0.717, 1.165) is 11.5 Å². The van der Waals surface area contributed by atoms with Gasteiger partial charge in [-0.15, -0.1) is 0 Å². The number of hydrogen-bond donors (Lipinski definition) is 1. The number of imidazole rings is 1. The summed E-state index contributed by atoms with van der Waals surface area (Å²) in [7, 11) is -1.20. The molecule has 0 aliphatic carbocycles. The molecule has 1 aromatic heterocycles. The predicted octanol–water partition coefficient (Wildman–Crippen LogP) is 2.39. The molecule has 1 N–H and O–H groups in total. The van der Waals surface area contributed by atoms with E-state index >= 15 is 0 Å². The molecule has 0 aliphatic heterocycles. The molecule has 1 heterocycles. The number of sulfone groups is 1. The first-order valence-electron chi connectivity index (χ1n) is 6.50. The Morgan fingerprint density at radius 1 is 1.30 bits per heavy atom. The number of anilines is 1. The highest BCUT2D eigenvalue weighted by Gasteiger charge is 2.13. The summed E-state index contributed by atoms with van der Waals surface area (Å²) in [5.41, 5.74) is 0.871. The standard InChI is InChI=1S/C14H19N3O2S/c1-4-20(18,19)13-7-5-12(6-8-13)16-11(2)14-15-9-10-17(14)3/h5-11,16H,4H2,1-3H3. The van der Waals surface area contributed by atoms with E-state index in [1.165, 1.54) is 0 Å². The Balaban J connectivity index is 2.14. The van der Waals surface area contributed by atoms with Gasteiger partial charge in [0.25, 0.3) is 0 Å². The van der Waals surface area contributed by atoms with E-state index in [1.54, 1.807) is 37.4 Å². The van der Waals surface area contributed by atoms with Crippen LogP contribution in [0.3, 0.4) is 0 Å². The Hall–Kier alpha value is -1.82. The first-order chi connectivity index (χ1) is 9.44. The third-order valence-electron chi connectivity index (χ3n) is 3.22. The number of benzene rings is 1. The maximum absolute atomic E-state index is 11.7. The van der Waals surface area contributed by atoms with Crippen LogP contribution in [0.25, 0.3) is 0 Å². The van der Waals surface area contributed by atoms with Crippen LogP contribution in [0.1, 0.15) is 25.7 Å². The minimum Gasteiger partial charge on any atom is -0.375 e. The molecule has 0 spiro atoms. The Morgan fingerprint density at radius 2 is 1.95 bits per heavy atom. The molecule has 6 heteroatoms. The lowest BCUT2D eigenvalue weighted by Crippen LogP contribution is -2.12. The monoisotopic (exact) mass is 293 g/mol. The van der Waals surface area contributed by atoms with E-state index in [-0.39, 0.29) is 11.8 Å². The van der Waals surface area contributed by atoms with Crippen LogP contribution in [0, 0.1) is 0 Å². The molecule has 108 valence electrons. The summed E-state index contributed by atoms with van der Waals surface area (Å²) in [4.78, 5) is 4.64. The van der Waals surface area contributed by atoms with E-state index in [9.17, 15) is 8.42 Å². The van der Waals surface area contributed by atoms with E-state index in [4.69, 9.17) is 0 Å². The molecule has 1 atom stereocenters. The van der Waals surface area contributed by atoms with Gasteiger partial charge in [-0.2, -0.15) is 0 Å². The molecule has 1 aromatic carbocycles. The largest absolute Gasteiger partial charge is 0.375 e. The van der Waals surface area contributed by atoms with Gasteiger partial charge in [0, 0.05) is 25.1 Å². The van der Waals surface area contributed by atoms with Crippen molar-refractivity contribution in [1.29, 1.82) is 0 Å². The number of aromatic nitrogens is 2. The average Bonchev–Trinajstić information content (AvgIpc) is 2.85. The van der Waals surface area contributed by atoms with Crippen molar-refractivity contribution in [3.63, 3.8) is 0 Å². The van der Waals surface area contributed by atoms with Gasteiger partial charge in [-0.25, -0.2) is 13.4 Å². The van der Waals surface area contributed by atoms with Gasteiger partial charge in [-0.3, -0.25) is 0 Å². The van der Waals surface area contributed by atoms with Crippen LogP contribution < -0.4 is 5.32 Å². The number of nitrogens with zero attached hydrogens (tertiary/aromatic N) is 2. The van der Waals surface area contributed by atoms with Gasteiger partial charge < -0.3 is 9.88 Å². The predicted molar refractivity (Wildman–Crippen MR) is 79.4 cm³/mol. The molecule has 1 unspecified atom stereocenters. The molecule has 0 bridgehead atoms. The maximum atomic E-state index is 11.7. The molecular weight excluding hydrogens is 274 g/mol. The van der Waals surface area contributed by atoms with E-state index < -0.39 is 9.84 Å². The Kier molecular flexibility index (Phi) is 4.13. The minimum atomic E-state index is -3.14. The average molecular weight is 293 g/mol. The topological polar surface area (TPSA) is 64.0 Å². The molecule has 2 rings (SSSR count). The second-order valence-corrected chi connectivity index (χ2v) is 6.97. The number of hydrogen-bond acceptors (Lipinski definition) is 4. The summed E-state index contributed by atoms with van der Waals surface area (Å²) in [6.45, 7) is 3.66. The van der Waals surface area contributed by atoms with Crippen molar-refractivity contribution in [3.05, 3.63) is 42.5 Å². The van der Waals surface area contributed by atoms with Crippen molar-refractivity contribution >= 4 is 15.5 Å². The first kappa shape index (κ1) is 14.6. The van der Waals surface area contributed by atoms with Gasteiger partial charge in [0.05, 0.1) is 16.7 Å². The molecule has 0 amide bonds. The minimum absolute atomic E-state index is 0.0450. The molecule has 5 nitrogen and oxygen atoms in total. The summed E-state index contributed by atoms with van der Waals surface area (Å²) < 4.78 is 25.4. The molecule has 20 heavy (non-hydrogen) atoms. The summed E-state index contributed by atoms with van der Waals surface area (Å²) in [5.74, 6) is 1.04. The Morgan fingerprint density at radius 3 is 2.45 bits per heavy atom. The van der Waals surface area contributed by atoms with Gasteiger partial charge in [-0.05, 0) is 31.2 Å². The normalized spacial score (nSPS) is 13.2. The molecule has 0 saturated heterocycles. The molecule has 2 aromatic rings. The molecule has 0 aliphatic rings. The lowest BCUT2D eigenvalue weighted by Gasteiger charge is -2.15.